The van der Waals surface area contributed by atoms with Crippen molar-refractivity contribution in [1.82, 2.24) is 5.32 Å². The Bertz CT molecular complexity index is 603. The molecule has 0 bridgehead atoms. The average molecular weight is 331 g/mol. The number of nitrogens with one attached hydrogen (secondary N) is 1. The number of amides is 1. The number of benzene rings is 1. The van der Waals surface area contributed by atoms with Crippen LogP contribution < -0.4 is 5.32 Å². The highest BCUT2D eigenvalue weighted by atomic mass is 16.4. The Balaban J connectivity index is 1.93. The van der Waals surface area contributed by atoms with E-state index in [9.17, 15) is 14.7 Å². The van der Waals surface area contributed by atoms with Crippen molar-refractivity contribution >= 4 is 11.9 Å². The fourth-order valence-electron chi connectivity index (χ4n) is 4.44. The summed E-state index contributed by atoms with van der Waals surface area (Å²) in [6.07, 6.45) is 3.93. The van der Waals surface area contributed by atoms with Crippen molar-refractivity contribution in [2.24, 2.45) is 10.8 Å². The highest BCUT2D eigenvalue weighted by molar-refractivity contribution is 5.89. The van der Waals surface area contributed by atoms with Gasteiger partial charge >= 0.3 is 5.97 Å². The minimum atomic E-state index is -0.943. The molecule has 24 heavy (non-hydrogen) atoms. The second kappa shape index (κ2) is 6.96. The first-order chi connectivity index (χ1) is 11.1. The van der Waals surface area contributed by atoms with E-state index in [2.05, 4.69) is 33.0 Å². The molecule has 1 saturated carbocycles. The molecule has 0 aromatic heterocycles. The third kappa shape index (κ3) is 5.08. The summed E-state index contributed by atoms with van der Waals surface area (Å²) in [6.45, 7) is 9.04. The van der Waals surface area contributed by atoms with Crippen molar-refractivity contribution in [3.8, 4) is 0 Å². The minimum Gasteiger partial charge on any atom is -0.478 e. The molecule has 0 radical (unpaired) electrons. The van der Waals surface area contributed by atoms with E-state index < -0.39 is 5.97 Å². The van der Waals surface area contributed by atoms with E-state index in [-0.39, 0.29) is 28.3 Å². The predicted octanol–water partition coefficient (Wildman–Crippen LogP) is 4.04. The standard InChI is InChI=1S/C20H29NO3/c1-19(2)11-15(12-20(3,4)13-19)21-17(22)10-9-14-7-5-6-8-16(14)18(23)24/h5-8,15H,9-13H2,1-4H3,(H,21,22)(H,23,24). The molecule has 1 fully saturated rings. The monoisotopic (exact) mass is 331 g/mol. The van der Waals surface area contributed by atoms with Crippen molar-refractivity contribution in [3.63, 3.8) is 0 Å². The molecule has 4 heteroatoms. The van der Waals surface area contributed by atoms with Crippen molar-refractivity contribution in [2.45, 2.75) is 65.8 Å². The Morgan fingerprint density at radius 2 is 1.71 bits per heavy atom. The van der Waals surface area contributed by atoms with Crippen LogP contribution in [0.1, 0.15) is 69.3 Å². The number of aromatic carboxylic acids is 1. The van der Waals surface area contributed by atoms with E-state index in [1.807, 2.05) is 6.07 Å². The third-order valence-electron chi connectivity index (χ3n) is 4.79. The van der Waals surface area contributed by atoms with Gasteiger partial charge in [0.25, 0.3) is 0 Å². The molecule has 0 atom stereocenters. The summed E-state index contributed by atoms with van der Waals surface area (Å²) in [5.74, 6) is -0.935. The van der Waals surface area contributed by atoms with Crippen LogP contribution in [-0.4, -0.2) is 23.0 Å². The van der Waals surface area contributed by atoms with Crippen molar-refractivity contribution in [2.75, 3.05) is 0 Å². The smallest absolute Gasteiger partial charge is 0.335 e. The van der Waals surface area contributed by atoms with Gasteiger partial charge in [-0.05, 0) is 48.1 Å². The number of carbonyl (C=O) groups excluding carboxylic acids is 1. The summed E-state index contributed by atoms with van der Waals surface area (Å²) in [5, 5.41) is 12.4. The molecule has 0 saturated heterocycles. The molecule has 1 aromatic carbocycles. The van der Waals surface area contributed by atoms with E-state index in [0.29, 0.717) is 18.4 Å². The van der Waals surface area contributed by atoms with E-state index in [1.54, 1.807) is 18.2 Å². The molecule has 0 aliphatic heterocycles. The zero-order valence-corrected chi connectivity index (χ0v) is 15.2. The molecular weight excluding hydrogens is 302 g/mol. The van der Waals surface area contributed by atoms with Crippen LogP contribution in [-0.2, 0) is 11.2 Å². The van der Waals surface area contributed by atoms with Gasteiger partial charge in [0.15, 0.2) is 0 Å². The second-order valence-corrected chi connectivity index (χ2v) is 8.64. The van der Waals surface area contributed by atoms with Gasteiger partial charge in [-0.15, -0.1) is 0 Å². The zero-order valence-electron chi connectivity index (χ0n) is 15.2. The summed E-state index contributed by atoms with van der Waals surface area (Å²) in [4.78, 5) is 23.6. The van der Waals surface area contributed by atoms with Crippen LogP contribution in [0.4, 0.5) is 0 Å². The van der Waals surface area contributed by atoms with E-state index in [0.717, 1.165) is 12.8 Å². The maximum Gasteiger partial charge on any atom is 0.335 e. The maximum absolute atomic E-state index is 12.3. The topological polar surface area (TPSA) is 66.4 Å². The number of hydrogen-bond acceptors (Lipinski definition) is 2. The van der Waals surface area contributed by atoms with Gasteiger partial charge in [0.05, 0.1) is 5.56 Å². The van der Waals surface area contributed by atoms with Crippen molar-refractivity contribution in [3.05, 3.63) is 35.4 Å². The fraction of sp³-hybridized carbons (Fsp3) is 0.600. The van der Waals surface area contributed by atoms with Gasteiger partial charge in [-0.1, -0.05) is 45.9 Å². The first kappa shape index (κ1) is 18.5. The largest absolute Gasteiger partial charge is 0.478 e. The molecule has 2 rings (SSSR count). The van der Waals surface area contributed by atoms with Crippen LogP contribution in [0.5, 0.6) is 0 Å². The van der Waals surface area contributed by atoms with E-state index in [1.165, 1.54) is 6.42 Å². The van der Waals surface area contributed by atoms with Crippen LogP contribution in [0, 0.1) is 10.8 Å². The molecule has 4 nitrogen and oxygen atoms in total. The molecule has 132 valence electrons. The number of carboxylic acids is 1. The van der Waals surface area contributed by atoms with Gasteiger partial charge in [-0.3, -0.25) is 4.79 Å². The van der Waals surface area contributed by atoms with Gasteiger partial charge in [0, 0.05) is 12.5 Å². The van der Waals surface area contributed by atoms with Gasteiger partial charge in [-0.25, -0.2) is 4.79 Å². The Morgan fingerprint density at radius 3 is 2.29 bits per heavy atom. The molecule has 1 amide bonds. The molecule has 0 spiro atoms. The summed E-state index contributed by atoms with van der Waals surface area (Å²) in [7, 11) is 0. The second-order valence-electron chi connectivity index (χ2n) is 8.64. The SMILES string of the molecule is CC1(C)CC(NC(=O)CCc2ccccc2C(=O)O)CC(C)(C)C1. The molecule has 1 aromatic rings. The predicted molar refractivity (Wildman–Crippen MR) is 95.1 cm³/mol. The number of rotatable bonds is 5. The lowest BCUT2D eigenvalue weighted by Gasteiger charge is -2.45. The Morgan fingerprint density at radius 1 is 1.12 bits per heavy atom. The molecular formula is C20H29NO3. The van der Waals surface area contributed by atoms with Gasteiger partial charge in [0.2, 0.25) is 5.91 Å². The normalized spacial score (nSPS) is 19.7. The van der Waals surface area contributed by atoms with Crippen LogP contribution in [0.2, 0.25) is 0 Å². The Labute approximate surface area is 144 Å². The van der Waals surface area contributed by atoms with E-state index in [4.69, 9.17) is 0 Å². The van der Waals surface area contributed by atoms with Crippen LogP contribution in [0.3, 0.4) is 0 Å². The first-order valence-electron chi connectivity index (χ1n) is 8.69. The molecule has 1 aliphatic carbocycles. The molecule has 1 aliphatic rings. The lowest BCUT2D eigenvalue weighted by Crippen LogP contribution is -2.46. The minimum absolute atomic E-state index is 0.00805. The quantitative estimate of drug-likeness (QED) is 0.856. The number of hydrogen-bond donors (Lipinski definition) is 2. The number of carboxylic acid groups (broad SMARTS) is 1. The molecule has 2 N–H and O–H groups in total. The zero-order chi connectivity index (χ0) is 18.0. The molecule has 0 unspecified atom stereocenters. The lowest BCUT2D eigenvalue weighted by molar-refractivity contribution is -0.122. The third-order valence-corrected chi connectivity index (χ3v) is 4.79. The Hall–Kier alpha value is -1.84. The number of carbonyl (C=O) groups is 2. The van der Waals surface area contributed by atoms with Gasteiger partial charge in [-0.2, -0.15) is 0 Å². The summed E-state index contributed by atoms with van der Waals surface area (Å²) in [6, 6.07) is 7.09. The van der Waals surface area contributed by atoms with Crippen LogP contribution in [0.15, 0.2) is 24.3 Å². The summed E-state index contributed by atoms with van der Waals surface area (Å²) < 4.78 is 0. The number of aryl methyl sites for hydroxylation is 1. The van der Waals surface area contributed by atoms with E-state index >= 15 is 0 Å². The van der Waals surface area contributed by atoms with Gasteiger partial charge < -0.3 is 10.4 Å². The molecule has 0 heterocycles. The average Bonchev–Trinajstić information content (AvgIpc) is 2.41. The highest BCUT2D eigenvalue weighted by Crippen LogP contribution is 2.45. The lowest BCUT2D eigenvalue weighted by atomic mass is 9.63. The highest BCUT2D eigenvalue weighted by Gasteiger charge is 2.38. The summed E-state index contributed by atoms with van der Waals surface area (Å²) in [5.41, 5.74) is 1.46. The van der Waals surface area contributed by atoms with Gasteiger partial charge in [0.1, 0.15) is 0 Å². The van der Waals surface area contributed by atoms with Crippen LogP contribution in [0.25, 0.3) is 0 Å². The van der Waals surface area contributed by atoms with Crippen LogP contribution >= 0.6 is 0 Å². The fourth-order valence-corrected chi connectivity index (χ4v) is 4.44. The first-order valence-corrected chi connectivity index (χ1v) is 8.69. The Kier molecular flexibility index (Phi) is 5.36. The van der Waals surface area contributed by atoms with Crippen molar-refractivity contribution in [1.29, 1.82) is 0 Å². The van der Waals surface area contributed by atoms with Crippen molar-refractivity contribution < 1.29 is 14.7 Å². The maximum atomic E-state index is 12.3. The summed E-state index contributed by atoms with van der Waals surface area (Å²) >= 11 is 0.